The number of morpholine rings is 1. The maximum absolute atomic E-state index is 5.94. The minimum Gasteiger partial charge on any atom is -0.465 e. The third-order valence-electron chi connectivity index (χ3n) is 4.19. The van der Waals surface area contributed by atoms with Crippen LogP contribution in [-0.2, 0) is 16.0 Å². The summed E-state index contributed by atoms with van der Waals surface area (Å²) in [6, 6.07) is 4.59. The number of fused-ring (bicyclic) bond motifs is 1. The second-order valence-corrected chi connectivity index (χ2v) is 5.46. The zero-order valence-corrected chi connectivity index (χ0v) is 11.8. The smallest absolute Gasteiger partial charge is 0.118 e. The standard InChI is InChI=1S/C15H23NO3/c1-3-17-14-7-6-13-15(14)18-9-8-16(13)10-12-5-4-11(2)19-12/h4-5,13-15H,3,6-10H2,1-2H3/t13-,14+,15+/m0/s1. The van der Waals surface area contributed by atoms with Crippen LogP contribution in [0.4, 0.5) is 0 Å². The molecule has 2 heterocycles. The molecule has 0 N–H and O–H groups in total. The summed E-state index contributed by atoms with van der Waals surface area (Å²) < 4.78 is 17.4. The summed E-state index contributed by atoms with van der Waals surface area (Å²) in [4.78, 5) is 2.49. The van der Waals surface area contributed by atoms with E-state index in [1.807, 2.05) is 13.0 Å². The second kappa shape index (κ2) is 5.65. The van der Waals surface area contributed by atoms with E-state index in [2.05, 4.69) is 17.9 Å². The van der Waals surface area contributed by atoms with E-state index in [4.69, 9.17) is 13.9 Å². The van der Waals surface area contributed by atoms with Gasteiger partial charge < -0.3 is 13.9 Å². The molecule has 0 amide bonds. The molecule has 0 radical (unpaired) electrons. The lowest BCUT2D eigenvalue weighted by atomic mass is 10.1. The molecule has 4 nitrogen and oxygen atoms in total. The maximum atomic E-state index is 5.94. The molecule has 0 bridgehead atoms. The van der Waals surface area contributed by atoms with Crippen LogP contribution < -0.4 is 0 Å². The van der Waals surface area contributed by atoms with E-state index in [1.165, 1.54) is 0 Å². The molecule has 3 atom stereocenters. The monoisotopic (exact) mass is 265 g/mol. The normalized spacial score (nSPS) is 31.6. The molecule has 0 aromatic carbocycles. The van der Waals surface area contributed by atoms with Crippen LogP contribution in [0.3, 0.4) is 0 Å². The molecule has 1 aliphatic heterocycles. The van der Waals surface area contributed by atoms with Gasteiger partial charge in [-0.1, -0.05) is 0 Å². The van der Waals surface area contributed by atoms with E-state index in [0.29, 0.717) is 6.04 Å². The molecule has 1 aromatic heterocycles. The number of rotatable bonds is 4. The Morgan fingerprint density at radius 2 is 2.26 bits per heavy atom. The summed E-state index contributed by atoms with van der Waals surface area (Å²) in [5, 5.41) is 0. The number of aryl methyl sites for hydroxylation is 1. The molecule has 2 fully saturated rings. The van der Waals surface area contributed by atoms with Gasteiger partial charge in [-0.3, -0.25) is 4.90 Å². The van der Waals surface area contributed by atoms with Crippen molar-refractivity contribution in [3.05, 3.63) is 23.7 Å². The fourth-order valence-electron chi connectivity index (χ4n) is 3.35. The van der Waals surface area contributed by atoms with Crippen molar-refractivity contribution in [1.29, 1.82) is 0 Å². The van der Waals surface area contributed by atoms with Gasteiger partial charge in [-0.2, -0.15) is 0 Å². The third-order valence-corrected chi connectivity index (χ3v) is 4.19. The van der Waals surface area contributed by atoms with Crippen LogP contribution in [0.15, 0.2) is 16.5 Å². The topological polar surface area (TPSA) is 34.8 Å². The average Bonchev–Trinajstić information content (AvgIpc) is 2.98. The third kappa shape index (κ3) is 2.71. The van der Waals surface area contributed by atoms with Crippen LogP contribution in [0, 0.1) is 6.92 Å². The summed E-state index contributed by atoms with van der Waals surface area (Å²) in [5.74, 6) is 2.04. The zero-order valence-electron chi connectivity index (χ0n) is 11.8. The molecule has 1 saturated carbocycles. The molecule has 3 rings (SSSR count). The summed E-state index contributed by atoms with van der Waals surface area (Å²) in [6.45, 7) is 7.49. The minimum atomic E-state index is 0.241. The van der Waals surface area contributed by atoms with Gasteiger partial charge in [0, 0.05) is 19.2 Å². The predicted octanol–water partition coefficient (Wildman–Crippen LogP) is 2.36. The first-order chi connectivity index (χ1) is 9.28. The first-order valence-corrected chi connectivity index (χ1v) is 7.30. The Morgan fingerprint density at radius 1 is 1.37 bits per heavy atom. The van der Waals surface area contributed by atoms with E-state index in [1.54, 1.807) is 0 Å². The summed E-state index contributed by atoms with van der Waals surface area (Å²) in [7, 11) is 0. The molecule has 0 spiro atoms. The lowest BCUT2D eigenvalue weighted by molar-refractivity contribution is -0.114. The number of hydrogen-bond acceptors (Lipinski definition) is 4. The average molecular weight is 265 g/mol. The van der Waals surface area contributed by atoms with Crippen molar-refractivity contribution >= 4 is 0 Å². The Kier molecular flexibility index (Phi) is 3.91. The molecule has 1 saturated heterocycles. The van der Waals surface area contributed by atoms with Crippen molar-refractivity contribution < 1.29 is 13.9 Å². The number of furan rings is 1. The van der Waals surface area contributed by atoms with E-state index in [9.17, 15) is 0 Å². The van der Waals surface area contributed by atoms with Crippen molar-refractivity contribution in [3.63, 3.8) is 0 Å². The molecule has 0 unspecified atom stereocenters. The number of nitrogens with zero attached hydrogens (tertiary/aromatic N) is 1. The minimum absolute atomic E-state index is 0.241. The van der Waals surface area contributed by atoms with Gasteiger partial charge in [0.15, 0.2) is 0 Å². The Bertz CT molecular complexity index is 417. The van der Waals surface area contributed by atoms with Crippen LogP contribution in [0.5, 0.6) is 0 Å². The van der Waals surface area contributed by atoms with E-state index in [-0.39, 0.29) is 12.2 Å². The Hall–Kier alpha value is -0.840. The van der Waals surface area contributed by atoms with Crippen molar-refractivity contribution in [1.82, 2.24) is 4.90 Å². The van der Waals surface area contributed by atoms with Gasteiger partial charge in [0.05, 0.1) is 25.4 Å². The number of hydrogen-bond donors (Lipinski definition) is 0. The van der Waals surface area contributed by atoms with Gasteiger partial charge in [-0.25, -0.2) is 0 Å². The fraction of sp³-hybridized carbons (Fsp3) is 0.733. The molecule has 4 heteroatoms. The summed E-state index contributed by atoms with van der Waals surface area (Å²) >= 11 is 0. The van der Waals surface area contributed by atoms with Crippen LogP contribution in [0.25, 0.3) is 0 Å². The molecular weight excluding hydrogens is 242 g/mol. The van der Waals surface area contributed by atoms with Gasteiger partial charge in [0.1, 0.15) is 11.5 Å². The maximum Gasteiger partial charge on any atom is 0.118 e. The molecular formula is C15H23NO3. The SMILES string of the molecule is CCO[C@@H]1CC[C@H]2[C@H]1OCCN2Cc1ccc(C)o1. The lowest BCUT2D eigenvalue weighted by Gasteiger charge is -2.38. The van der Waals surface area contributed by atoms with Crippen LogP contribution in [-0.4, -0.2) is 42.9 Å². The highest BCUT2D eigenvalue weighted by atomic mass is 16.5. The molecule has 106 valence electrons. The lowest BCUT2D eigenvalue weighted by Crippen LogP contribution is -2.51. The van der Waals surface area contributed by atoms with Crippen molar-refractivity contribution in [3.8, 4) is 0 Å². The van der Waals surface area contributed by atoms with E-state index in [0.717, 1.165) is 50.7 Å². The van der Waals surface area contributed by atoms with E-state index >= 15 is 0 Å². The van der Waals surface area contributed by atoms with Gasteiger partial charge in [0.2, 0.25) is 0 Å². The number of ether oxygens (including phenoxy) is 2. The largest absolute Gasteiger partial charge is 0.465 e. The molecule has 1 aromatic rings. The summed E-state index contributed by atoms with van der Waals surface area (Å²) in [6.07, 6.45) is 2.78. The van der Waals surface area contributed by atoms with Gasteiger partial charge in [-0.05, 0) is 38.8 Å². The molecule has 2 aliphatic rings. The zero-order chi connectivity index (χ0) is 13.2. The second-order valence-electron chi connectivity index (χ2n) is 5.46. The quantitative estimate of drug-likeness (QED) is 0.837. The first-order valence-electron chi connectivity index (χ1n) is 7.30. The molecule has 19 heavy (non-hydrogen) atoms. The highest BCUT2D eigenvalue weighted by Crippen LogP contribution is 2.33. The summed E-state index contributed by atoms with van der Waals surface area (Å²) in [5.41, 5.74) is 0. The first kappa shape index (κ1) is 13.2. The van der Waals surface area contributed by atoms with Crippen LogP contribution >= 0.6 is 0 Å². The Morgan fingerprint density at radius 3 is 3.00 bits per heavy atom. The highest BCUT2D eigenvalue weighted by molar-refractivity contribution is 5.06. The van der Waals surface area contributed by atoms with Gasteiger partial charge >= 0.3 is 0 Å². The molecule has 1 aliphatic carbocycles. The van der Waals surface area contributed by atoms with Crippen molar-refractivity contribution in [2.24, 2.45) is 0 Å². The van der Waals surface area contributed by atoms with Crippen LogP contribution in [0.1, 0.15) is 31.3 Å². The van der Waals surface area contributed by atoms with Crippen molar-refractivity contribution in [2.75, 3.05) is 19.8 Å². The van der Waals surface area contributed by atoms with Gasteiger partial charge in [0.25, 0.3) is 0 Å². The van der Waals surface area contributed by atoms with E-state index < -0.39 is 0 Å². The fourth-order valence-corrected chi connectivity index (χ4v) is 3.35. The Labute approximate surface area is 114 Å². The van der Waals surface area contributed by atoms with Gasteiger partial charge in [-0.15, -0.1) is 0 Å². The van der Waals surface area contributed by atoms with Crippen LogP contribution in [0.2, 0.25) is 0 Å². The predicted molar refractivity (Wildman–Crippen MR) is 72.0 cm³/mol. The Balaban J connectivity index is 1.66. The van der Waals surface area contributed by atoms with Crippen molar-refractivity contribution in [2.45, 2.75) is 51.5 Å². The highest BCUT2D eigenvalue weighted by Gasteiger charge is 2.43.